The van der Waals surface area contributed by atoms with Gasteiger partial charge in [0, 0.05) is 5.69 Å². The van der Waals surface area contributed by atoms with Crippen LogP contribution in [0.25, 0.3) is 0 Å². The SMILES string of the molecule is COc1ccccc1Oc1ccc(NC(=O)C2(N)CCC2)cc1. The van der Waals surface area contributed by atoms with E-state index in [1.807, 2.05) is 24.3 Å². The normalized spacial score (nSPS) is 15.4. The van der Waals surface area contributed by atoms with E-state index in [2.05, 4.69) is 5.32 Å². The first-order valence-corrected chi connectivity index (χ1v) is 7.62. The van der Waals surface area contributed by atoms with Gasteiger partial charge in [-0.15, -0.1) is 0 Å². The largest absolute Gasteiger partial charge is 0.493 e. The monoisotopic (exact) mass is 312 g/mol. The van der Waals surface area contributed by atoms with Crippen molar-refractivity contribution in [3.63, 3.8) is 0 Å². The number of carbonyl (C=O) groups is 1. The highest BCUT2D eigenvalue weighted by atomic mass is 16.5. The lowest BCUT2D eigenvalue weighted by Gasteiger charge is -2.36. The Balaban J connectivity index is 1.66. The smallest absolute Gasteiger partial charge is 0.244 e. The van der Waals surface area contributed by atoms with E-state index in [4.69, 9.17) is 15.2 Å². The molecular formula is C18H20N2O3. The maximum absolute atomic E-state index is 12.1. The van der Waals surface area contributed by atoms with E-state index in [1.165, 1.54) is 0 Å². The predicted molar refractivity (Wildman–Crippen MR) is 88.9 cm³/mol. The van der Waals surface area contributed by atoms with Gasteiger partial charge in [0.15, 0.2) is 11.5 Å². The van der Waals surface area contributed by atoms with Gasteiger partial charge in [0.2, 0.25) is 5.91 Å². The number of rotatable bonds is 5. The van der Waals surface area contributed by atoms with Crippen LogP contribution in [0.5, 0.6) is 17.2 Å². The Morgan fingerprint density at radius 2 is 1.74 bits per heavy atom. The zero-order valence-corrected chi connectivity index (χ0v) is 13.0. The highest BCUT2D eigenvalue weighted by molar-refractivity contribution is 5.98. The summed E-state index contributed by atoms with van der Waals surface area (Å²) in [5.41, 5.74) is 6.01. The van der Waals surface area contributed by atoms with Gasteiger partial charge in [0.25, 0.3) is 0 Å². The summed E-state index contributed by atoms with van der Waals surface area (Å²) in [5.74, 6) is 1.85. The van der Waals surface area contributed by atoms with Crippen LogP contribution >= 0.6 is 0 Å². The number of ether oxygens (including phenoxy) is 2. The van der Waals surface area contributed by atoms with Crippen molar-refractivity contribution in [3.8, 4) is 17.2 Å². The molecule has 1 fully saturated rings. The van der Waals surface area contributed by atoms with E-state index in [-0.39, 0.29) is 5.91 Å². The van der Waals surface area contributed by atoms with Gasteiger partial charge in [-0.25, -0.2) is 0 Å². The Morgan fingerprint density at radius 3 is 2.30 bits per heavy atom. The van der Waals surface area contributed by atoms with E-state index in [1.54, 1.807) is 31.4 Å². The fourth-order valence-electron chi connectivity index (χ4n) is 2.48. The van der Waals surface area contributed by atoms with Crippen LogP contribution in [0.4, 0.5) is 5.69 Å². The van der Waals surface area contributed by atoms with Crippen LogP contribution in [0, 0.1) is 0 Å². The Hall–Kier alpha value is -2.53. The fourth-order valence-corrected chi connectivity index (χ4v) is 2.48. The molecule has 0 aliphatic heterocycles. The van der Waals surface area contributed by atoms with Crippen molar-refractivity contribution >= 4 is 11.6 Å². The van der Waals surface area contributed by atoms with E-state index >= 15 is 0 Å². The van der Waals surface area contributed by atoms with Crippen molar-refractivity contribution in [2.45, 2.75) is 24.8 Å². The minimum Gasteiger partial charge on any atom is -0.493 e. The number of carbonyl (C=O) groups excluding carboxylic acids is 1. The standard InChI is InChI=1S/C18H20N2O3/c1-22-15-5-2-3-6-16(15)23-14-9-7-13(8-10-14)20-17(21)18(19)11-4-12-18/h2-3,5-10H,4,11-12,19H2,1H3,(H,20,21). The number of hydrogen-bond donors (Lipinski definition) is 2. The molecule has 1 aliphatic carbocycles. The highest BCUT2D eigenvalue weighted by Gasteiger charge is 2.40. The Morgan fingerprint density at radius 1 is 1.09 bits per heavy atom. The Kier molecular flexibility index (Phi) is 4.21. The number of amides is 1. The molecule has 1 aliphatic rings. The molecule has 2 aromatic carbocycles. The lowest BCUT2D eigenvalue weighted by atomic mass is 9.77. The molecule has 1 saturated carbocycles. The quantitative estimate of drug-likeness (QED) is 0.888. The average Bonchev–Trinajstić information content (AvgIpc) is 2.55. The Bertz CT molecular complexity index is 694. The molecule has 0 radical (unpaired) electrons. The van der Waals surface area contributed by atoms with Gasteiger partial charge >= 0.3 is 0 Å². The molecule has 120 valence electrons. The maximum atomic E-state index is 12.1. The predicted octanol–water partition coefficient (Wildman–Crippen LogP) is 3.31. The maximum Gasteiger partial charge on any atom is 0.244 e. The minimum absolute atomic E-state index is 0.123. The second-order valence-corrected chi connectivity index (χ2v) is 5.74. The summed E-state index contributed by atoms with van der Waals surface area (Å²) in [4.78, 5) is 12.1. The molecule has 0 bridgehead atoms. The first-order valence-electron chi connectivity index (χ1n) is 7.62. The molecule has 3 N–H and O–H groups in total. The minimum atomic E-state index is -0.702. The number of hydrogen-bond acceptors (Lipinski definition) is 4. The summed E-state index contributed by atoms with van der Waals surface area (Å²) in [6.07, 6.45) is 2.50. The van der Waals surface area contributed by atoms with Crippen molar-refractivity contribution in [2.24, 2.45) is 5.73 Å². The van der Waals surface area contributed by atoms with E-state index in [0.29, 0.717) is 22.9 Å². The van der Waals surface area contributed by atoms with Gasteiger partial charge in [-0.1, -0.05) is 12.1 Å². The Labute approximate surface area is 135 Å². The number of anilines is 1. The third-order valence-electron chi connectivity index (χ3n) is 4.11. The van der Waals surface area contributed by atoms with Gasteiger partial charge in [0.1, 0.15) is 5.75 Å². The summed E-state index contributed by atoms with van der Waals surface area (Å²) in [6, 6.07) is 14.6. The summed E-state index contributed by atoms with van der Waals surface area (Å²) < 4.78 is 11.1. The molecule has 0 saturated heterocycles. The molecule has 23 heavy (non-hydrogen) atoms. The van der Waals surface area contributed by atoms with E-state index in [9.17, 15) is 4.79 Å². The van der Waals surface area contributed by atoms with E-state index < -0.39 is 5.54 Å². The van der Waals surface area contributed by atoms with Crippen molar-refractivity contribution < 1.29 is 14.3 Å². The number of nitrogens with two attached hydrogens (primary N) is 1. The molecule has 5 nitrogen and oxygen atoms in total. The zero-order chi connectivity index (χ0) is 16.3. The van der Waals surface area contributed by atoms with Gasteiger partial charge in [-0.2, -0.15) is 0 Å². The molecule has 0 heterocycles. The molecule has 1 amide bonds. The van der Waals surface area contributed by atoms with Crippen molar-refractivity contribution in [3.05, 3.63) is 48.5 Å². The number of para-hydroxylation sites is 2. The van der Waals surface area contributed by atoms with Crippen molar-refractivity contribution in [2.75, 3.05) is 12.4 Å². The molecule has 0 spiro atoms. The third-order valence-corrected chi connectivity index (χ3v) is 4.11. The van der Waals surface area contributed by atoms with Crippen LogP contribution in [0.3, 0.4) is 0 Å². The molecule has 0 aromatic heterocycles. The van der Waals surface area contributed by atoms with Crippen LogP contribution in [0.15, 0.2) is 48.5 Å². The number of methoxy groups -OCH3 is 1. The zero-order valence-electron chi connectivity index (χ0n) is 13.0. The van der Waals surface area contributed by atoms with Crippen LogP contribution in [-0.2, 0) is 4.79 Å². The topological polar surface area (TPSA) is 73.6 Å². The number of nitrogens with one attached hydrogen (secondary N) is 1. The lowest BCUT2D eigenvalue weighted by molar-refractivity contribution is -0.123. The molecular weight excluding hydrogens is 292 g/mol. The summed E-state index contributed by atoms with van der Waals surface area (Å²) >= 11 is 0. The summed E-state index contributed by atoms with van der Waals surface area (Å²) in [5, 5.41) is 2.85. The molecule has 3 rings (SSSR count). The average molecular weight is 312 g/mol. The van der Waals surface area contributed by atoms with Crippen molar-refractivity contribution in [1.29, 1.82) is 0 Å². The van der Waals surface area contributed by atoms with Gasteiger partial charge < -0.3 is 20.5 Å². The highest BCUT2D eigenvalue weighted by Crippen LogP contribution is 2.32. The lowest BCUT2D eigenvalue weighted by Crippen LogP contribution is -2.56. The second kappa shape index (κ2) is 6.30. The van der Waals surface area contributed by atoms with Gasteiger partial charge in [0.05, 0.1) is 12.6 Å². The van der Waals surface area contributed by atoms with Crippen LogP contribution in [0.2, 0.25) is 0 Å². The first kappa shape index (κ1) is 15.4. The van der Waals surface area contributed by atoms with Gasteiger partial charge in [-0.05, 0) is 55.7 Å². The first-order chi connectivity index (χ1) is 11.1. The van der Waals surface area contributed by atoms with Crippen molar-refractivity contribution in [1.82, 2.24) is 0 Å². The fraction of sp³-hybridized carbons (Fsp3) is 0.278. The molecule has 0 atom stereocenters. The van der Waals surface area contributed by atoms with E-state index in [0.717, 1.165) is 19.3 Å². The second-order valence-electron chi connectivity index (χ2n) is 5.74. The summed E-state index contributed by atoms with van der Waals surface area (Å²) in [6.45, 7) is 0. The third kappa shape index (κ3) is 3.29. The summed E-state index contributed by atoms with van der Waals surface area (Å²) in [7, 11) is 1.60. The number of benzene rings is 2. The molecule has 5 heteroatoms. The van der Waals surface area contributed by atoms with Crippen LogP contribution in [0.1, 0.15) is 19.3 Å². The van der Waals surface area contributed by atoms with Crippen LogP contribution < -0.4 is 20.5 Å². The molecule has 0 unspecified atom stereocenters. The van der Waals surface area contributed by atoms with Crippen LogP contribution in [-0.4, -0.2) is 18.6 Å². The molecule has 2 aromatic rings. The van der Waals surface area contributed by atoms with Gasteiger partial charge in [-0.3, -0.25) is 4.79 Å².